The summed E-state index contributed by atoms with van der Waals surface area (Å²) in [5.74, 6) is 1.70. The molecule has 0 spiro atoms. The second-order valence-electron chi connectivity index (χ2n) is 6.86. The minimum atomic E-state index is 0. The van der Waals surface area contributed by atoms with Gasteiger partial charge >= 0.3 is 0 Å². The van der Waals surface area contributed by atoms with Gasteiger partial charge in [0.2, 0.25) is 11.7 Å². The summed E-state index contributed by atoms with van der Waals surface area (Å²) < 4.78 is 11.2. The molecule has 160 valence electrons. The van der Waals surface area contributed by atoms with Crippen molar-refractivity contribution in [3.63, 3.8) is 0 Å². The summed E-state index contributed by atoms with van der Waals surface area (Å²) in [4.78, 5) is 8.60. The fourth-order valence-corrected chi connectivity index (χ4v) is 3.40. The molecule has 1 saturated carbocycles. The van der Waals surface area contributed by atoms with E-state index in [9.17, 15) is 0 Å². The van der Waals surface area contributed by atoms with Crippen molar-refractivity contribution in [2.45, 2.75) is 51.2 Å². The number of nitrogens with one attached hydrogen (secondary N) is 2. The number of benzene rings is 1. The number of aromatic nitrogens is 2. The SMILES string of the molecule is CN=C(NCCCOC1CCCCC1)NCc1nc(-c2cccc(Cl)c2)no1.I. The normalized spacial score (nSPS) is 15.0. The third kappa shape index (κ3) is 8.10. The largest absolute Gasteiger partial charge is 0.378 e. The van der Waals surface area contributed by atoms with Crippen LogP contribution < -0.4 is 10.6 Å². The molecule has 1 fully saturated rings. The van der Waals surface area contributed by atoms with Gasteiger partial charge in [0, 0.05) is 30.8 Å². The first-order valence-electron chi connectivity index (χ1n) is 9.89. The monoisotopic (exact) mass is 533 g/mol. The number of nitrogens with zero attached hydrogens (tertiary/aromatic N) is 3. The average molecular weight is 534 g/mol. The minimum absolute atomic E-state index is 0. The highest BCUT2D eigenvalue weighted by Gasteiger charge is 2.13. The van der Waals surface area contributed by atoms with Crippen LogP contribution >= 0.6 is 35.6 Å². The summed E-state index contributed by atoms with van der Waals surface area (Å²) in [6, 6.07) is 7.36. The van der Waals surface area contributed by atoms with Crippen LogP contribution in [0.4, 0.5) is 0 Å². The number of guanidine groups is 1. The van der Waals surface area contributed by atoms with Gasteiger partial charge in [-0.3, -0.25) is 4.99 Å². The van der Waals surface area contributed by atoms with Gasteiger partial charge in [-0.15, -0.1) is 24.0 Å². The van der Waals surface area contributed by atoms with E-state index >= 15 is 0 Å². The molecular weight excluding hydrogens is 505 g/mol. The maximum atomic E-state index is 6.01. The number of rotatable bonds is 8. The Balaban J connectivity index is 0.00000300. The van der Waals surface area contributed by atoms with Crippen molar-refractivity contribution in [3.05, 3.63) is 35.2 Å². The lowest BCUT2D eigenvalue weighted by Crippen LogP contribution is -2.37. The lowest BCUT2D eigenvalue weighted by atomic mass is 9.98. The molecule has 1 aliphatic rings. The molecule has 7 nitrogen and oxygen atoms in total. The van der Waals surface area contributed by atoms with Crippen molar-refractivity contribution in [1.29, 1.82) is 0 Å². The third-order valence-electron chi connectivity index (χ3n) is 4.70. The lowest BCUT2D eigenvalue weighted by Gasteiger charge is -2.22. The highest BCUT2D eigenvalue weighted by Crippen LogP contribution is 2.20. The van der Waals surface area contributed by atoms with Gasteiger partial charge in [0.05, 0.1) is 12.6 Å². The molecule has 9 heteroatoms. The fourth-order valence-electron chi connectivity index (χ4n) is 3.21. The van der Waals surface area contributed by atoms with E-state index in [0.717, 1.165) is 25.1 Å². The van der Waals surface area contributed by atoms with Crippen molar-refractivity contribution in [2.75, 3.05) is 20.2 Å². The molecule has 0 aliphatic heterocycles. The molecule has 2 aromatic rings. The third-order valence-corrected chi connectivity index (χ3v) is 4.94. The zero-order chi connectivity index (χ0) is 19.6. The van der Waals surface area contributed by atoms with Gasteiger partial charge in [0.1, 0.15) is 0 Å². The number of halogens is 2. The van der Waals surface area contributed by atoms with Crippen molar-refractivity contribution in [1.82, 2.24) is 20.8 Å². The summed E-state index contributed by atoms with van der Waals surface area (Å²) in [7, 11) is 1.74. The van der Waals surface area contributed by atoms with E-state index in [2.05, 4.69) is 25.8 Å². The van der Waals surface area contributed by atoms with E-state index in [4.69, 9.17) is 20.9 Å². The number of aliphatic imine (C=N–C) groups is 1. The van der Waals surface area contributed by atoms with Gasteiger partial charge in [-0.1, -0.05) is 48.2 Å². The van der Waals surface area contributed by atoms with Gasteiger partial charge in [0.25, 0.3) is 0 Å². The van der Waals surface area contributed by atoms with Crippen LogP contribution in [-0.2, 0) is 11.3 Å². The van der Waals surface area contributed by atoms with E-state index in [1.165, 1.54) is 32.1 Å². The van der Waals surface area contributed by atoms with Crippen molar-refractivity contribution in [3.8, 4) is 11.4 Å². The van der Waals surface area contributed by atoms with Gasteiger partial charge in [-0.25, -0.2) is 0 Å². The Morgan fingerprint density at radius 2 is 2.10 bits per heavy atom. The minimum Gasteiger partial charge on any atom is -0.378 e. The molecule has 3 rings (SSSR count). The molecule has 0 amide bonds. The van der Waals surface area contributed by atoms with Crippen LogP contribution in [-0.4, -0.2) is 42.4 Å². The van der Waals surface area contributed by atoms with Gasteiger partial charge in [-0.2, -0.15) is 4.98 Å². The van der Waals surface area contributed by atoms with Crippen molar-refractivity contribution < 1.29 is 9.26 Å². The molecule has 2 N–H and O–H groups in total. The van der Waals surface area contributed by atoms with E-state index in [0.29, 0.717) is 35.3 Å². The highest BCUT2D eigenvalue weighted by molar-refractivity contribution is 14.0. The molecule has 0 saturated heterocycles. The van der Waals surface area contributed by atoms with Crippen LogP contribution in [0.15, 0.2) is 33.8 Å². The van der Waals surface area contributed by atoms with Crippen LogP contribution in [0.3, 0.4) is 0 Å². The summed E-state index contributed by atoms with van der Waals surface area (Å²) >= 11 is 6.01. The molecule has 0 bridgehead atoms. The summed E-state index contributed by atoms with van der Waals surface area (Å²) in [5, 5.41) is 11.1. The highest BCUT2D eigenvalue weighted by atomic mass is 127. The molecule has 29 heavy (non-hydrogen) atoms. The number of ether oxygens (including phenoxy) is 1. The van der Waals surface area contributed by atoms with Crippen molar-refractivity contribution in [2.24, 2.45) is 4.99 Å². The van der Waals surface area contributed by atoms with Crippen LogP contribution in [0.2, 0.25) is 5.02 Å². The Morgan fingerprint density at radius 1 is 1.28 bits per heavy atom. The maximum absolute atomic E-state index is 6.01. The van der Waals surface area contributed by atoms with E-state index < -0.39 is 0 Å². The first-order chi connectivity index (χ1) is 13.7. The second-order valence-corrected chi connectivity index (χ2v) is 7.30. The quantitative estimate of drug-likeness (QED) is 0.226. The van der Waals surface area contributed by atoms with Gasteiger partial charge < -0.3 is 19.9 Å². The van der Waals surface area contributed by atoms with Gasteiger partial charge in [-0.05, 0) is 31.4 Å². The first kappa shape index (κ1) is 23.9. The standard InChI is InChI=1S/C20H28ClN5O2.HI/c1-22-20(23-11-6-12-27-17-9-3-2-4-10-17)24-14-18-25-19(26-28-18)15-7-5-8-16(21)13-15;/h5,7-8,13,17H,2-4,6,9-12,14H2,1H3,(H2,22,23,24);1H. The first-order valence-corrected chi connectivity index (χ1v) is 10.3. The molecule has 1 aromatic carbocycles. The predicted molar refractivity (Wildman–Crippen MR) is 126 cm³/mol. The fraction of sp³-hybridized carbons (Fsp3) is 0.550. The number of hydrogen-bond acceptors (Lipinski definition) is 5. The zero-order valence-corrected chi connectivity index (χ0v) is 19.8. The van der Waals surface area contributed by atoms with E-state index in [-0.39, 0.29) is 24.0 Å². The molecule has 0 unspecified atom stereocenters. The zero-order valence-electron chi connectivity index (χ0n) is 16.7. The molecule has 1 heterocycles. The summed E-state index contributed by atoms with van der Waals surface area (Å²) in [5.41, 5.74) is 0.822. The van der Waals surface area contributed by atoms with Crippen LogP contribution in [0, 0.1) is 0 Å². The predicted octanol–water partition coefficient (Wildman–Crippen LogP) is 4.41. The second kappa shape index (κ2) is 13.0. The Labute approximate surface area is 194 Å². The summed E-state index contributed by atoms with van der Waals surface area (Å²) in [6.07, 6.45) is 7.76. The molecule has 1 aromatic heterocycles. The molecule has 0 atom stereocenters. The molecular formula is C20H29ClIN5O2. The van der Waals surface area contributed by atoms with Crippen LogP contribution in [0.25, 0.3) is 11.4 Å². The number of hydrogen-bond donors (Lipinski definition) is 2. The Morgan fingerprint density at radius 3 is 2.86 bits per heavy atom. The topological polar surface area (TPSA) is 84.6 Å². The molecule has 1 aliphatic carbocycles. The Bertz CT molecular complexity index is 765. The lowest BCUT2D eigenvalue weighted by molar-refractivity contribution is 0.0277. The summed E-state index contributed by atoms with van der Waals surface area (Å²) in [6.45, 7) is 1.97. The maximum Gasteiger partial charge on any atom is 0.246 e. The van der Waals surface area contributed by atoms with Crippen LogP contribution in [0.5, 0.6) is 0 Å². The van der Waals surface area contributed by atoms with Gasteiger partial charge in [0.15, 0.2) is 5.96 Å². The average Bonchev–Trinajstić information content (AvgIpc) is 3.20. The Hall–Kier alpha value is -1.39. The van der Waals surface area contributed by atoms with E-state index in [1.54, 1.807) is 13.1 Å². The smallest absolute Gasteiger partial charge is 0.246 e. The van der Waals surface area contributed by atoms with E-state index in [1.807, 2.05) is 18.2 Å². The Kier molecular flexibility index (Phi) is 10.7. The van der Waals surface area contributed by atoms with Crippen LogP contribution in [0.1, 0.15) is 44.4 Å². The van der Waals surface area contributed by atoms with Crippen molar-refractivity contribution >= 4 is 41.5 Å². The molecule has 0 radical (unpaired) electrons.